The number of sulfonamides is 1. The lowest BCUT2D eigenvalue weighted by Crippen LogP contribution is -2.31. The second-order valence-electron chi connectivity index (χ2n) is 6.75. The van der Waals surface area contributed by atoms with Gasteiger partial charge in [-0.25, -0.2) is 12.8 Å². The third-order valence-electron chi connectivity index (χ3n) is 4.46. The molecule has 0 aliphatic heterocycles. The fourth-order valence-electron chi connectivity index (χ4n) is 2.89. The van der Waals surface area contributed by atoms with Crippen molar-refractivity contribution in [1.29, 1.82) is 5.26 Å². The van der Waals surface area contributed by atoms with Crippen LogP contribution in [0, 0.1) is 17.1 Å². The number of benzene rings is 2. The Morgan fingerprint density at radius 2 is 1.94 bits per heavy atom. The first-order chi connectivity index (χ1) is 15.3. The third kappa shape index (κ3) is 5.81. The zero-order chi connectivity index (χ0) is 23.1. The van der Waals surface area contributed by atoms with Gasteiger partial charge >= 0.3 is 0 Å². The van der Waals surface area contributed by atoms with Gasteiger partial charge in [0.2, 0.25) is 0 Å². The molecule has 1 amide bonds. The molecule has 0 aliphatic carbocycles. The molecule has 0 saturated heterocycles. The number of anilines is 1. The summed E-state index contributed by atoms with van der Waals surface area (Å²) in [5.74, 6) is -0.969. The predicted molar refractivity (Wildman–Crippen MR) is 118 cm³/mol. The molecule has 0 bridgehead atoms. The van der Waals surface area contributed by atoms with E-state index in [0.717, 1.165) is 29.8 Å². The largest absolute Gasteiger partial charge is 0.333 e. The minimum absolute atomic E-state index is 0.00320. The van der Waals surface area contributed by atoms with Crippen molar-refractivity contribution in [3.63, 3.8) is 0 Å². The molecule has 3 rings (SSSR count). The molecule has 0 saturated carbocycles. The number of rotatable bonds is 8. The van der Waals surface area contributed by atoms with E-state index in [4.69, 9.17) is 16.9 Å². The van der Waals surface area contributed by atoms with E-state index in [1.807, 2.05) is 12.1 Å². The zero-order valence-corrected chi connectivity index (χ0v) is 18.3. The number of carbonyl (C=O) groups is 1. The van der Waals surface area contributed by atoms with Crippen molar-refractivity contribution in [1.82, 2.24) is 9.88 Å². The first-order valence-electron chi connectivity index (χ1n) is 9.43. The number of carbonyl (C=O) groups excluding carboxylic acids is 1. The van der Waals surface area contributed by atoms with Crippen molar-refractivity contribution in [3.8, 4) is 6.07 Å². The lowest BCUT2D eigenvalue weighted by Gasteiger charge is -2.22. The van der Waals surface area contributed by atoms with Crippen LogP contribution in [-0.4, -0.2) is 30.8 Å². The van der Waals surface area contributed by atoms with Crippen LogP contribution in [0.25, 0.3) is 0 Å². The van der Waals surface area contributed by atoms with Crippen LogP contribution < -0.4 is 4.72 Å². The Morgan fingerprint density at radius 3 is 2.59 bits per heavy atom. The lowest BCUT2D eigenvalue weighted by atomic mass is 10.1. The summed E-state index contributed by atoms with van der Waals surface area (Å²) in [5, 5.41) is 9.04. The molecular weight excluding hydrogens is 455 g/mol. The Morgan fingerprint density at radius 1 is 1.19 bits per heavy atom. The van der Waals surface area contributed by atoms with Crippen molar-refractivity contribution in [3.05, 3.63) is 89.0 Å². The highest BCUT2D eigenvalue weighted by Gasteiger charge is 2.20. The van der Waals surface area contributed by atoms with Gasteiger partial charge in [0.1, 0.15) is 5.82 Å². The molecule has 0 unspecified atom stereocenters. The number of pyridine rings is 1. The average Bonchev–Trinajstić information content (AvgIpc) is 2.78. The molecule has 164 valence electrons. The molecule has 32 heavy (non-hydrogen) atoms. The summed E-state index contributed by atoms with van der Waals surface area (Å²) in [6, 6.07) is 14.1. The molecule has 1 N–H and O–H groups in total. The van der Waals surface area contributed by atoms with Crippen molar-refractivity contribution in [2.45, 2.75) is 17.9 Å². The highest BCUT2D eigenvalue weighted by Crippen LogP contribution is 2.27. The van der Waals surface area contributed by atoms with Crippen LogP contribution in [0.3, 0.4) is 0 Å². The van der Waals surface area contributed by atoms with Crippen LogP contribution in [0.2, 0.25) is 5.02 Å². The van der Waals surface area contributed by atoms with E-state index in [0.29, 0.717) is 0 Å². The maximum absolute atomic E-state index is 13.1. The molecule has 0 fully saturated rings. The average molecular weight is 473 g/mol. The van der Waals surface area contributed by atoms with E-state index in [1.165, 1.54) is 23.1 Å². The second kappa shape index (κ2) is 10.2. The standard InChI is InChI=1S/C22H18ClFN4O3S/c23-20-9-4-17(13-21(20)27-32(30,31)19-7-5-18(24)6-8-19)22(29)28(12-2-10-25)15-16-3-1-11-26-14-16/h1,3-9,11,13-14,27H,2,12,15H2. The topological polar surface area (TPSA) is 103 Å². The van der Waals surface area contributed by atoms with E-state index in [9.17, 15) is 17.6 Å². The molecule has 0 radical (unpaired) electrons. The van der Waals surface area contributed by atoms with E-state index in [-0.39, 0.29) is 40.7 Å². The Bertz CT molecular complexity index is 1250. The van der Waals surface area contributed by atoms with E-state index < -0.39 is 21.7 Å². The van der Waals surface area contributed by atoms with Crippen LogP contribution in [0.4, 0.5) is 10.1 Å². The summed E-state index contributed by atoms with van der Waals surface area (Å²) in [6.45, 7) is 0.414. The summed E-state index contributed by atoms with van der Waals surface area (Å²) in [7, 11) is -4.06. The highest BCUT2D eigenvalue weighted by molar-refractivity contribution is 7.92. The minimum atomic E-state index is -4.06. The normalized spacial score (nSPS) is 10.9. The van der Waals surface area contributed by atoms with Gasteiger partial charge in [-0.15, -0.1) is 0 Å². The maximum atomic E-state index is 13.1. The first-order valence-corrected chi connectivity index (χ1v) is 11.3. The minimum Gasteiger partial charge on any atom is -0.333 e. The number of nitriles is 1. The lowest BCUT2D eigenvalue weighted by molar-refractivity contribution is 0.0747. The van der Waals surface area contributed by atoms with Gasteiger partial charge in [-0.2, -0.15) is 5.26 Å². The number of hydrogen-bond acceptors (Lipinski definition) is 5. The number of halogens is 2. The molecule has 0 atom stereocenters. The molecule has 0 aliphatic rings. The van der Waals surface area contributed by atoms with Crippen LogP contribution in [0.1, 0.15) is 22.3 Å². The number of amides is 1. The van der Waals surface area contributed by atoms with Gasteiger partial charge in [-0.3, -0.25) is 14.5 Å². The van der Waals surface area contributed by atoms with Gasteiger partial charge < -0.3 is 4.90 Å². The number of aromatic nitrogens is 1. The summed E-state index contributed by atoms with van der Waals surface area (Å²) in [5.41, 5.74) is 0.974. The van der Waals surface area contributed by atoms with Crippen LogP contribution in [0.15, 0.2) is 71.9 Å². The van der Waals surface area contributed by atoms with Gasteiger partial charge in [-0.05, 0) is 54.1 Å². The van der Waals surface area contributed by atoms with Crippen LogP contribution >= 0.6 is 11.6 Å². The van der Waals surface area contributed by atoms with Gasteiger partial charge in [-0.1, -0.05) is 17.7 Å². The Labute approximate surface area is 190 Å². The smallest absolute Gasteiger partial charge is 0.261 e. The van der Waals surface area contributed by atoms with Gasteiger partial charge in [0, 0.05) is 31.0 Å². The Balaban J connectivity index is 1.87. The fourth-order valence-corrected chi connectivity index (χ4v) is 4.18. The van der Waals surface area contributed by atoms with Gasteiger partial charge in [0.25, 0.3) is 15.9 Å². The molecule has 0 spiro atoms. The Hall–Kier alpha value is -3.48. The predicted octanol–water partition coefficient (Wildman–Crippen LogP) is 4.23. The molecule has 3 aromatic rings. The first kappa shape index (κ1) is 23.2. The number of nitrogens with one attached hydrogen (secondary N) is 1. The fraction of sp³-hybridized carbons (Fsp3) is 0.136. The van der Waals surface area contributed by atoms with Crippen LogP contribution in [0.5, 0.6) is 0 Å². The summed E-state index contributed by atoms with van der Waals surface area (Å²) < 4.78 is 40.7. The molecular formula is C22H18ClFN4O3S. The molecule has 10 heteroatoms. The van der Waals surface area contributed by atoms with E-state index >= 15 is 0 Å². The third-order valence-corrected chi connectivity index (χ3v) is 6.17. The molecule has 7 nitrogen and oxygen atoms in total. The summed E-state index contributed by atoms with van der Waals surface area (Å²) in [6.07, 6.45) is 3.37. The van der Waals surface area contributed by atoms with E-state index in [2.05, 4.69) is 9.71 Å². The van der Waals surface area contributed by atoms with Gasteiger partial charge in [0.15, 0.2) is 0 Å². The van der Waals surface area contributed by atoms with Crippen molar-refractivity contribution >= 4 is 33.2 Å². The van der Waals surface area contributed by atoms with Crippen molar-refractivity contribution in [2.24, 2.45) is 0 Å². The summed E-state index contributed by atoms with van der Waals surface area (Å²) in [4.78, 5) is 18.5. The van der Waals surface area contributed by atoms with E-state index in [1.54, 1.807) is 18.5 Å². The quantitative estimate of drug-likeness (QED) is 0.528. The van der Waals surface area contributed by atoms with Crippen molar-refractivity contribution in [2.75, 3.05) is 11.3 Å². The molecule has 1 aromatic heterocycles. The monoisotopic (exact) mass is 472 g/mol. The van der Waals surface area contributed by atoms with Crippen LogP contribution in [-0.2, 0) is 16.6 Å². The maximum Gasteiger partial charge on any atom is 0.261 e. The molecule has 1 heterocycles. The Kier molecular flexibility index (Phi) is 7.41. The SMILES string of the molecule is N#CCCN(Cc1cccnc1)C(=O)c1ccc(Cl)c(NS(=O)(=O)c2ccc(F)cc2)c1. The van der Waals surface area contributed by atoms with Crippen molar-refractivity contribution < 1.29 is 17.6 Å². The second-order valence-corrected chi connectivity index (χ2v) is 8.84. The molecule has 2 aromatic carbocycles. The number of nitrogens with zero attached hydrogens (tertiary/aromatic N) is 3. The summed E-state index contributed by atoms with van der Waals surface area (Å²) >= 11 is 6.15. The highest BCUT2D eigenvalue weighted by atomic mass is 35.5. The van der Waals surface area contributed by atoms with Gasteiger partial charge in [0.05, 0.1) is 28.1 Å². The number of hydrogen-bond donors (Lipinski definition) is 1. The zero-order valence-electron chi connectivity index (χ0n) is 16.7.